The zero-order chi connectivity index (χ0) is 14.2. The standard InChI is InChI=1S/C16H21N3OS/c1-2-11-3-4-12-13(9-11)21-16-14(12)15(17-10-18-16)19-5-7-20-8-6-19/h10-11H,2-9H2,1H3/t11-/m1/s1. The largest absolute Gasteiger partial charge is 0.378 e. The third-order valence-corrected chi connectivity index (χ3v) is 5.98. The molecule has 0 saturated carbocycles. The van der Waals surface area contributed by atoms with Crippen LogP contribution in [0.25, 0.3) is 10.2 Å². The average molecular weight is 303 g/mol. The number of fused-ring (bicyclic) bond motifs is 3. The second-order valence-electron chi connectivity index (χ2n) is 6.00. The van der Waals surface area contributed by atoms with Crippen molar-refractivity contribution >= 4 is 27.4 Å². The maximum atomic E-state index is 5.47. The monoisotopic (exact) mass is 303 g/mol. The lowest BCUT2D eigenvalue weighted by Crippen LogP contribution is -2.37. The zero-order valence-electron chi connectivity index (χ0n) is 12.5. The molecule has 1 aliphatic heterocycles. The molecule has 4 nitrogen and oxygen atoms in total. The summed E-state index contributed by atoms with van der Waals surface area (Å²) in [6, 6.07) is 0. The number of aromatic nitrogens is 2. The van der Waals surface area contributed by atoms with Crippen molar-refractivity contribution in [2.24, 2.45) is 5.92 Å². The normalized spacial score (nSPS) is 22.5. The molecule has 2 aromatic heterocycles. The highest BCUT2D eigenvalue weighted by molar-refractivity contribution is 7.19. The molecule has 0 spiro atoms. The molecule has 2 aliphatic rings. The van der Waals surface area contributed by atoms with Gasteiger partial charge in [0.25, 0.3) is 0 Å². The molecular weight excluding hydrogens is 282 g/mol. The maximum Gasteiger partial charge on any atom is 0.141 e. The predicted molar refractivity (Wildman–Crippen MR) is 86.3 cm³/mol. The summed E-state index contributed by atoms with van der Waals surface area (Å²) in [5.41, 5.74) is 1.53. The molecule has 5 heteroatoms. The van der Waals surface area contributed by atoms with Gasteiger partial charge in [0.05, 0.1) is 18.6 Å². The van der Waals surface area contributed by atoms with Crippen molar-refractivity contribution in [2.45, 2.75) is 32.6 Å². The van der Waals surface area contributed by atoms with Gasteiger partial charge < -0.3 is 9.64 Å². The Balaban J connectivity index is 1.80. The Morgan fingerprint density at radius 3 is 3.00 bits per heavy atom. The van der Waals surface area contributed by atoms with Crippen LogP contribution in [0.4, 0.5) is 5.82 Å². The predicted octanol–water partition coefficient (Wildman–Crippen LogP) is 3.04. The van der Waals surface area contributed by atoms with E-state index in [0.29, 0.717) is 0 Å². The molecule has 0 unspecified atom stereocenters. The van der Waals surface area contributed by atoms with Crippen LogP contribution in [0.2, 0.25) is 0 Å². The van der Waals surface area contributed by atoms with Gasteiger partial charge in [-0.05, 0) is 30.7 Å². The Hall–Kier alpha value is -1.20. The van der Waals surface area contributed by atoms with Gasteiger partial charge in [-0.2, -0.15) is 0 Å². The molecule has 1 atom stereocenters. The van der Waals surface area contributed by atoms with Crippen molar-refractivity contribution in [3.05, 3.63) is 16.8 Å². The number of rotatable bonds is 2. The quantitative estimate of drug-likeness (QED) is 0.855. The van der Waals surface area contributed by atoms with Gasteiger partial charge in [0, 0.05) is 18.0 Å². The van der Waals surface area contributed by atoms with Gasteiger partial charge in [0.2, 0.25) is 0 Å². The highest BCUT2D eigenvalue weighted by Crippen LogP contribution is 2.41. The minimum absolute atomic E-state index is 0.801. The van der Waals surface area contributed by atoms with Gasteiger partial charge in [-0.25, -0.2) is 9.97 Å². The van der Waals surface area contributed by atoms with Gasteiger partial charge in [-0.3, -0.25) is 0 Å². The van der Waals surface area contributed by atoms with E-state index >= 15 is 0 Å². The Morgan fingerprint density at radius 2 is 2.19 bits per heavy atom. The van der Waals surface area contributed by atoms with Crippen LogP contribution in [0.3, 0.4) is 0 Å². The fraction of sp³-hybridized carbons (Fsp3) is 0.625. The van der Waals surface area contributed by atoms with Crippen molar-refractivity contribution in [1.29, 1.82) is 0 Å². The number of hydrogen-bond acceptors (Lipinski definition) is 5. The Morgan fingerprint density at radius 1 is 1.33 bits per heavy atom. The van der Waals surface area contributed by atoms with Gasteiger partial charge in [-0.1, -0.05) is 13.3 Å². The van der Waals surface area contributed by atoms with Crippen LogP contribution < -0.4 is 4.90 Å². The van der Waals surface area contributed by atoms with E-state index in [1.165, 1.54) is 41.5 Å². The lowest BCUT2D eigenvalue weighted by Gasteiger charge is -2.29. The number of ether oxygens (including phenoxy) is 1. The number of anilines is 1. The first kappa shape index (κ1) is 13.5. The van der Waals surface area contributed by atoms with Crippen molar-refractivity contribution < 1.29 is 4.74 Å². The van der Waals surface area contributed by atoms with Crippen LogP contribution in [0.5, 0.6) is 0 Å². The first-order chi connectivity index (χ1) is 10.4. The minimum Gasteiger partial charge on any atom is -0.378 e. The second-order valence-corrected chi connectivity index (χ2v) is 7.08. The van der Waals surface area contributed by atoms with Crippen LogP contribution in [-0.2, 0) is 17.6 Å². The third kappa shape index (κ3) is 2.32. The molecule has 2 aromatic rings. The first-order valence-electron chi connectivity index (χ1n) is 7.94. The molecule has 0 bridgehead atoms. The molecule has 1 fully saturated rings. The highest BCUT2D eigenvalue weighted by Gasteiger charge is 2.26. The van der Waals surface area contributed by atoms with Crippen molar-refractivity contribution in [1.82, 2.24) is 9.97 Å². The Kier molecular flexibility index (Phi) is 3.55. The van der Waals surface area contributed by atoms with Crippen LogP contribution in [0.1, 0.15) is 30.2 Å². The smallest absolute Gasteiger partial charge is 0.141 e. The Labute approximate surface area is 129 Å². The zero-order valence-corrected chi connectivity index (χ0v) is 13.3. The lowest BCUT2D eigenvalue weighted by atomic mass is 9.86. The lowest BCUT2D eigenvalue weighted by molar-refractivity contribution is 0.122. The van der Waals surface area contributed by atoms with Crippen LogP contribution in [0.15, 0.2) is 6.33 Å². The van der Waals surface area contributed by atoms with Crippen molar-refractivity contribution in [3.63, 3.8) is 0 Å². The summed E-state index contributed by atoms with van der Waals surface area (Å²) >= 11 is 1.89. The number of thiophene rings is 1. The topological polar surface area (TPSA) is 38.2 Å². The van der Waals surface area contributed by atoms with Gasteiger partial charge >= 0.3 is 0 Å². The fourth-order valence-corrected chi connectivity index (χ4v) is 4.82. The van der Waals surface area contributed by atoms with E-state index < -0.39 is 0 Å². The summed E-state index contributed by atoms with van der Waals surface area (Å²) in [5, 5.41) is 1.33. The van der Waals surface area contributed by atoms with Crippen molar-refractivity contribution in [3.8, 4) is 0 Å². The van der Waals surface area contributed by atoms with E-state index in [1.54, 1.807) is 11.2 Å². The molecule has 3 heterocycles. The van der Waals surface area contributed by atoms with E-state index in [2.05, 4.69) is 21.8 Å². The summed E-state index contributed by atoms with van der Waals surface area (Å²) in [4.78, 5) is 14.3. The summed E-state index contributed by atoms with van der Waals surface area (Å²) in [7, 11) is 0. The van der Waals surface area contributed by atoms with Gasteiger partial charge in [0.15, 0.2) is 0 Å². The Bertz CT molecular complexity index is 648. The molecule has 1 saturated heterocycles. The number of nitrogens with zero attached hydrogens (tertiary/aromatic N) is 3. The van der Waals surface area contributed by atoms with E-state index in [9.17, 15) is 0 Å². The van der Waals surface area contributed by atoms with E-state index in [4.69, 9.17) is 4.74 Å². The molecule has 0 N–H and O–H groups in total. The summed E-state index contributed by atoms with van der Waals surface area (Å²) in [5.74, 6) is 1.99. The molecule has 0 aromatic carbocycles. The minimum atomic E-state index is 0.801. The summed E-state index contributed by atoms with van der Waals surface area (Å²) in [6.45, 7) is 5.79. The van der Waals surface area contributed by atoms with Gasteiger partial charge in [0.1, 0.15) is 17.0 Å². The number of hydrogen-bond donors (Lipinski definition) is 0. The molecular formula is C16H21N3OS. The van der Waals surface area contributed by atoms with Gasteiger partial charge in [-0.15, -0.1) is 11.3 Å². The average Bonchev–Trinajstić information content (AvgIpc) is 2.93. The van der Waals surface area contributed by atoms with E-state index in [1.807, 2.05) is 11.3 Å². The molecule has 4 rings (SSSR count). The third-order valence-electron chi connectivity index (χ3n) is 4.82. The number of morpholine rings is 1. The highest BCUT2D eigenvalue weighted by atomic mass is 32.1. The first-order valence-corrected chi connectivity index (χ1v) is 8.76. The van der Waals surface area contributed by atoms with Crippen LogP contribution in [0, 0.1) is 5.92 Å². The second kappa shape index (κ2) is 5.54. The van der Waals surface area contributed by atoms with Crippen molar-refractivity contribution in [2.75, 3.05) is 31.2 Å². The van der Waals surface area contributed by atoms with Crippen LogP contribution in [-0.4, -0.2) is 36.3 Å². The summed E-state index contributed by atoms with van der Waals surface area (Å²) in [6.07, 6.45) is 6.75. The molecule has 112 valence electrons. The van der Waals surface area contributed by atoms with E-state index in [-0.39, 0.29) is 0 Å². The molecule has 0 radical (unpaired) electrons. The van der Waals surface area contributed by atoms with Crippen LogP contribution >= 0.6 is 11.3 Å². The maximum absolute atomic E-state index is 5.47. The molecule has 1 aliphatic carbocycles. The molecule has 0 amide bonds. The SMILES string of the molecule is CC[C@@H]1CCc2c(sc3ncnc(N4CCOCC4)c23)C1. The number of aryl methyl sites for hydroxylation is 1. The van der Waals surface area contributed by atoms with E-state index in [0.717, 1.165) is 38.0 Å². The fourth-order valence-electron chi connectivity index (χ4n) is 3.53. The molecule has 21 heavy (non-hydrogen) atoms. The summed E-state index contributed by atoms with van der Waals surface area (Å²) < 4.78 is 5.47.